The fraction of sp³-hybridized carbons (Fsp3) is 0.941. The lowest BCUT2D eigenvalue weighted by molar-refractivity contribution is -0.256. The monoisotopic (exact) mass is 601 g/mol. The topological polar surface area (TPSA) is 127 Å². The van der Waals surface area contributed by atoms with E-state index in [1.54, 1.807) is 0 Å². The Morgan fingerprint density at radius 2 is 1.74 bits per heavy atom. The van der Waals surface area contributed by atoms with Gasteiger partial charge in [0.2, 0.25) is 0 Å². The predicted molar refractivity (Wildman–Crippen MR) is 167 cm³/mol. The van der Waals surface area contributed by atoms with Crippen LogP contribution in [0.5, 0.6) is 0 Å². The smallest absolute Gasteiger partial charge is 0.186 e. The van der Waals surface area contributed by atoms with Crippen molar-refractivity contribution in [3.63, 3.8) is 0 Å². The van der Waals surface area contributed by atoms with E-state index in [0.717, 1.165) is 43.9 Å². The molecular formula is C34H55N3O6. The minimum atomic E-state index is -1.02. The first kappa shape index (κ1) is 32.8. The van der Waals surface area contributed by atoms with Crippen molar-refractivity contribution in [2.45, 2.75) is 155 Å². The molecule has 1 saturated heterocycles. The van der Waals surface area contributed by atoms with Gasteiger partial charge < -0.3 is 14.6 Å². The highest BCUT2D eigenvalue weighted by molar-refractivity contribution is 5.29. The fourth-order valence-electron chi connectivity index (χ4n) is 10.5. The van der Waals surface area contributed by atoms with E-state index in [0.29, 0.717) is 17.3 Å². The van der Waals surface area contributed by atoms with Gasteiger partial charge in [0.05, 0.1) is 23.9 Å². The maximum Gasteiger partial charge on any atom is 0.186 e. The van der Waals surface area contributed by atoms with Crippen molar-refractivity contribution in [3.05, 3.63) is 26.4 Å². The number of hydrogen-bond acceptors (Lipinski definition) is 9. The van der Waals surface area contributed by atoms with Gasteiger partial charge in [0.25, 0.3) is 0 Å². The van der Waals surface area contributed by atoms with Crippen LogP contribution in [0.25, 0.3) is 0 Å². The van der Waals surface area contributed by atoms with E-state index in [9.17, 15) is 19.8 Å². The summed E-state index contributed by atoms with van der Waals surface area (Å²) in [5, 5.41) is 19.9. The highest BCUT2D eigenvalue weighted by Gasteiger charge is 2.62. The number of nitrogens with zero attached hydrogens (tertiary/aromatic N) is 3. The van der Waals surface area contributed by atoms with Gasteiger partial charge in [-0.1, -0.05) is 67.7 Å². The molecule has 4 fully saturated rings. The molecule has 0 spiro atoms. The van der Waals surface area contributed by atoms with Crippen LogP contribution in [0.4, 0.5) is 0 Å². The third kappa shape index (κ3) is 5.92. The molecule has 0 aromatic rings. The average Bonchev–Trinajstić information content (AvgIpc) is 3.28. The molecule has 0 aromatic heterocycles. The molecule has 0 radical (unpaired) electrons. The lowest BCUT2D eigenvalue weighted by atomic mass is 9.43. The first-order valence-electron chi connectivity index (χ1n) is 17.0. The normalized spacial score (nSPS) is 44.0. The number of hydrogen-bond donors (Lipinski definition) is 1. The van der Waals surface area contributed by atoms with Gasteiger partial charge in [-0.25, -0.2) is 0 Å². The molecule has 9 heteroatoms. The molecular weight excluding hydrogens is 546 g/mol. The molecule has 4 aliphatic carbocycles. The molecule has 1 aliphatic heterocycles. The molecule has 9 nitrogen and oxygen atoms in total. The first-order chi connectivity index (χ1) is 20.3. The summed E-state index contributed by atoms with van der Waals surface area (Å²) in [5.41, 5.74) is 1.43. The zero-order valence-corrected chi connectivity index (χ0v) is 27.3. The zero-order chi connectivity index (χ0) is 31.2. The third-order valence-corrected chi connectivity index (χ3v) is 13.2. The molecule has 0 amide bonds. The van der Waals surface area contributed by atoms with E-state index >= 15 is 0 Å². The summed E-state index contributed by atoms with van der Waals surface area (Å²) in [6.07, 6.45) is 12.5. The first-order valence-corrected chi connectivity index (χ1v) is 17.0. The molecule has 3 saturated carbocycles. The third-order valence-electron chi connectivity index (χ3n) is 13.2. The van der Waals surface area contributed by atoms with Gasteiger partial charge in [-0.15, -0.1) is 0 Å². The number of aliphatic hydroxyl groups excluding tert-OH is 1. The van der Waals surface area contributed by atoms with E-state index < -0.39 is 30.1 Å². The summed E-state index contributed by atoms with van der Waals surface area (Å²) in [6.45, 7) is 13.5. The van der Waals surface area contributed by atoms with Gasteiger partial charge in [0, 0.05) is 11.8 Å². The number of allylic oxidation sites excluding steroid dienone is 1. The van der Waals surface area contributed by atoms with Crippen LogP contribution >= 0.6 is 0 Å². The van der Waals surface area contributed by atoms with Crippen molar-refractivity contribution >= 4 is 0 Å². The number of fused-ring (bicyclic) bond motifs is 5. The Kier molecular flexibility index (Phi) is 9.39. The lowest BCUT2D eigenvalue weighted by Gasteiger charge is -2.62. The second-order valence-electron chi connectivity index (χ2n) is 16.4. The van der Waals surface area contributed by atoms with Crippen LogP contribution in [0.2, 0.25) is 0 Å². The Morgan fingerprint density at radius 1 is 1.00 bits per heavy atom. The molecule has 5 aliphatic rings. The maximum absolute atomic E-state index is 11.7. The van der Waals surface area contributed by atoms with E-state index in [4.69, 9.17) is 9.47 Å². The van der Waals surface area contributed by atoms with Crippen LogP contribution in [0.3, 0.4) is 0 Å². The van der Waals surface area contributed by atoms with Crippen LogP contribution in [0, 0.1) is 54.6 Å². The summed E-state index contributed by atoms with van der Waals surface area (Å²) in [7, 11) is 0. The van der Waals surface area contributed by atoms with Gasteiger partial charge in [0.1, 0.15) is 6.54 Å². The van der Waals surface area contributed by atoms with Crippen molar-refractivity contribution in [1.29, 1.82) is 0 Å². The second-order valence-corrected chi connectivity index (χ2v) is 16.4. The molecule has 1 N–H and O–H groups in total. The van der Waals surface area contributed by atoms with Gasteiger partial charge >= 0.3 is 0 Å². The number of aliphatic hydroxyl groups is 1. The standard InChI is InChI=1S/C34H55N3O6/c1-31(2,37-41)16-8-7-9-21-10-11-25-26-13-12-23-24(34(26,6)18-17-33(21,25)5)14-15-28(32(23,3)4)43-30-29(36-40)27(38)19-22(42-30)20-35-39/h12,21-22,24-30,38H,7-11,13-20H2,1-6H3/t21?,22-,24?,25?,26?,27-,28-,29+,30-,33+,34-/m0/s1. The largest absolute Gasteiger partial charge is 0.390 e. The highest BCUT2D eigenvalue weighted by atomic mass is 16.7. The molecule has 0 aromatic carbocycles. The maximum atomic E-state index is 11.7. The Hall–Kier alpha value is -1.58. The van der Waals surface area contributed by atoms with E-state index in [2.05, 4.69) is 49.3 Å². The van der Waals surface area contributed by atoms with Crippen molar-refractivity contribution in [2.24, 2.45) is 55.4 Å². The lowest BCUT2D eigenvalue weighted by Crippen LogP contribution is -2.57. The number of unbranched alkanes of at least 4 members (excludes halogenated alkanes) is 1. The number of nitroso groups, excluding NO2 is 3. The quantitative estimate of drug-likeness (QED) is 0.145. The Balaban J connectivity index is 1.28. The van der Waals surface area contributed by atoms with Crippen molar-refractivity contribution in [1.82, 2.24) is 0 Å². The van der Waals surface area contributed by atoms with Crippen molar-refractivity contribution < 1.29 is 14.6 Å². The SMILES string of the molecule is CC(C)(CCCCC1CCC2C3CC=C4C(CC[C@H](O[C@@H]5O[C@H](CN=O)C[C@H](O)[C@H]5N=O)C4(C)C)[C@]3(C)CC[C@]12C)N=O. The molecule has 0 bridgehead atoms. The zero-order valence-electron chi connectivity index (χ0n) is 27.3. The van der Waals surface area contributed by atoms with E-state index in [1.165, 1.54) is 44.1 Å². The van der Waals surface area contributed by atoms with Crippen LogP contribution in [-0.4, -0.2) is 47.8 Å². The van der Waals surface area contributed by atoms with Gasteiger partial charge in [-0.05, 0) is 106 Å². The second kappa shape index (κ2) is 12.3. The van der Waals surface area contributed by atoms with Crippen LogP contribution in [0.15, 0.2) is 27.2 Å². The van der Waals surface area contributed by atoms with Crippen molar-refractivity contribution in [2.75, 3.05) is 6.54 Å². The van der Waals surface area contributed by atoms with E-state index in [1.807, 2.05) is 13.8 Å². The predicted octanol–water partition coefficient (Wildman–Crippen LogP) is 8.07. The molecule has 43 heavy (non-hydrogen) atoms. The Labute approximate surface area is 257 Å². The van der Waals surface area contributed by atoms with E-state index in [-0.39, 0.29) is 29.9 Å². The molecule has 5 rings (SSSR count). The Bertz CT molecular complexity index is 1080. The summed E-state index contributed by atoms with van der Waals surface area (Å²) < 4.78 is 12.5. The van der Waals surface area contributed by atoms with Gasteiger partial charge in [0.15, 0.2) is 12.3 Å². The van der Waals surface area contributed by atoms with Gasteiger partial charge in [-0.3, -0.25) is 0 Å². The summed E-state index contributed by atoms with van der Waals surface area (Å²) >= 11 is 0. The molecule has 11 atom stereocenters. The summed E-state index contributed by atoms with van der Waals surface area (Å²) in [4.78, 5) is 33.6. The molecule has 1 heterocycles. The van der Waals surface area contributed by atoms with Crippen molar-refractivity contribution in [3.8, 4) is 0 Å². The number of rotatable bonds is 11. The van der Waals surface area contributed by atoms with Crippen LogP contribution in [0.1, 0.15) is 119 Å². The minimum Gasteiger partial charge on any atom is -0.390 e. The van der Waals surface area contributed by atoms with Gasteiger partial charge in [-0.2, -0.15) is 14.7 Å². The van der Waals surface area contributed by atoms with Crippen LogP contribution < -0.4 is 0 Å². The molecule has 242 valence electrons. The fourth-order valence-corrected chi connectivity index (χ4v) is 10.5. The number of ether oxygens (including phenoxy) is 2. The summed E-state index contributed by atoms with van der Waals surface area (Å²) in [6, 6.07) is -1.02. The minimum absolute atomic E-state index is 0.0830. The molecule has 4 unspecified atom stereocenters. The average molecular weight is 602 g/mol. The Morgan fingerprint density at radius 3 is 2.44 bits per heavy atom. The van der Waals surface area contributed by atoms with Crippen LogP contribution in [-0.2, 0) is 9.47 Å². The summed E-state index contributed by atoms with van der Waals surface area (Å²) in [5.74, 6) is 2.71. The highest BCUT2D eigenvalue weighted by Crippen LogP contribution is 2.69.